The molecule has 2 N–H and O–H groups in total. The van der Waals surface area contributed by atoms with Gasteiger partial charge >= 0.3 is 0 Å². The highest BCUT2D eigenvalue weighted by Gasteiger charge is 2.30. The molecule has 2 aromatic rings. The molecule has 148 valence electrons. The van der Waals surface area contributed by atoms with Crippen LogP contribution < -0.4 is 10.6 Å². The number of hydrogen-bond acceptors (Lipinski definition) is 4. The highest BCUT2D eigenvalue weighted by Crippen LogP contribution is 2.26. The Labute approximate surface area is 163 Å². The van der Waals surface area contributed by atoms with Gasteiger partial charge in [0.25, 0.3) is 5.91 Å². The van der Waals surface area contributed by atoms with Crippen molar-refractivity contribution in [3.8, 4) is 11.3 Å². The maximum Gasteiger partial charge on any atom is 0.253 e. The van der Waals surface area contributed by atoms with E-state index in [1.165, 1.54) is 18.3 Å². The monoisotopic (exact) mass is 385 g/mol. The molecule has 1 heterocycles. The lowest BCUT2D eigenvalue weighted by Gasteiger charge is -2.14. The second-order valence-electron chi connectivity index (χ2n) is 6.91. The Bertz CT molecular complexity index is 826. The average molecular weight is 385 g/mol. The smallest absolute Gasteiger partial charge is 0.253 e. The summed E-state index contributed by atoms with van der Waals surface area (Å²) in [5, 5.41) is 5.82. The summed E-state index contributed by atoms with van der Waals surface area (Å²) in [5.41, 5.74) is 1.70. The van der Waals surface area contributed by atoms with E-state index in [0.717, 1.165) is 12.8 Å². The summed E-state index contributed by atoms with van der Waals surface area (Å²) >= 11 is 0. The van der Waals surface area contributed by atoms with Crippen molar-refractivity contribution in [1.82, 2.24) is 15.6 Å². The molecule has 0 radical (unpaired) electrons. The standard InChI is InChI=1S/C21H24FN3O3/c1-28-10-9-23-20(26)15-5-7-18(12-15)25-21(27)16-6-8-19(24-13-16)14-3-2-4-17(22)11-14/h2-4,6,8,11,13,15,18H,5,7,9-10,12H2,1H3,(H,23,26)(H,25,27)/t15-,18+/m1/s1. The van der Waals surface area contributed by atoms with Crippen LogP contribution in [0.3, 0.4) is 0 Å². The van der Waals surface area contributed by atoms with E-state index in [4.69, 9.17) is 4.74 Å². The number of nitrogens with one attached hydrogen (secondary N) is 2. The Balaban J connectivity index is 1.53. The SMILES string of the molecule is COCCNC(=O)[C@@H]1CC[C@H](NC(=O)c2ccc(-c3cccc(F)c3)nc2)C1. The minimum Gasteiger partial charge on any atom is -0.383 e. The Kier molecular flexibility index (Phi) is 6.71. The molecule has 2 amide bonds. The number of ether oxygens (including phenoxy) is 1. The van der Waals surface area contributed by atoms with Gasteiger partial charge in [0.05, 0.1) is 17.9 Å². The van der Waals surface area contributed by atoms with Crippen molar-refractivity contribution in [2.45, 2.75) is 25.3 Å². The largest absolute Gasteiger partial charge is 0.383 e. The fraction of sp³-hybridized carbons (Fsp3) is 0.381. The van der Waals surface area contributed by atoms with E-state index in [0.29, 0.717) is 36.4 Å². The van der Waals surface area contributed by atoms with Gasteiger partial charge in [0, 0.05) is 37.4 Å². The third kappa shape index (κ3) is 5.13. The first-order valence-corrected chi connectivity index (χ1v) is 9.36. The van der Waals surface area contributed by atoms with E-state index >= 15 is 0 Å². The van der Waals surface area contributed by atoms with Gasteiger partial charge in [-0.1, -0.05) is 12.1 Å². The van der Waals surface area contributed by atoms with E-state index in [1.807, 2.05) is 0 Å². The maximum atomic E-state index is 13.3. The van der Waals surface area contributed by atoms with Gasteiger partial charge in [-0.3, -0.25) is 14.6 Å². The van der Waals surface area contributed by atoms with Crippen LogP contribution in [0.4, 0.5) is 4.39 Å². The van der Waals surface area contributed by atoms with E-state index in [2.05, 4.69) is 15.6 Å². The summed E-state index contributed by atoms with van der Waals surface area (Å²) in [5.74, 6) is -0.627. The van der Waals surface area contributed by atoms with E-state index in [9.17, 15) is 14.0 Å². The van der Waals surface area contributed by atoms with Crippen molar-refractivity contribution in [1.29, 1.82) is 0 Å². The molecule has 2 atom stereocenters. The number of rotatable bonds is 7. The Morgan fingerprint density at radius 1 is 1.25 bits per heavy atom. The summed E-state index contributed by atoms with van der Waals surface area (Å²) in [6, 6.07) is 9.50. The molecule has 6 nitrogen and oxygen atoms in total. The molecule has 0 aliphatic heterocycles. The van der Waals surface area contributed by atoms with Gasteiger partial charge in [0.15, 0.2) is 0 Å². The number of hydrogen-bond donors (Lipinski definition) is 2. The molecule has 0 unspecified atom stereocenters. The molecule has 7 heteroatoms. The zero-order valence-electron chi connectivity index (χ0n) is 15.8. The normalized spacial score (nSPS) is 18.6. The van der Waals surface area contributed by atoms with Gasteiger partial charge in [0.2, 0.25) is 5.91 Å². The average Bonchev–Trinajstić information content (AvgIpc) is 3.17. The first kappa shape index (κ1) is 19.9. The lowest BCUT2D eigenvalue weighted by molar-refractivity contribution is -0.125. The lowest BCUT2D eigenvalue weighted by atomic mass is 10.1. The van der Waals surface area contributed by atoms with Crippen molar-refractivity contribution >= 4 is 11.8 Å². The topological polar surface area (TPSA) is 80.3 Å². The van der Waals surface area contributed by atoms with Gasteiger partial charge in [0.1, 0.15) is 5.82 Å². The first-order valence-electron chi connectivity index (χ1n) is 9.36. The third-order valence-corrected chi connectivity index (χ3v) is 4.89. The van der Waals surface area contributed by atoms with Crippen molar-refractivity contribution in [2.24, 2.45) is 5.92 Å². The Morgan fingerprint density at radius 2 is 2.11 bits per heavy atom. The third-order valence-electron chi connectivity index (χ3n) is 4.89. The first-order chi connectivity index (χ1) is 13.6. The lowest BCUT2D eigenvalue weighted by Crippen LogP contribution is -2.35. The highest BCUT2D eigenvalue weighted by molar-refractivity contribution is 5.94. The Hall–Kier alpha value is -2.80. The number of carbonyl (C=O) groups is 2. The number of carbonyl (C=O) groups excluding carboxylic acids is 2. The number of methoxy groups -OCH3 is 1. The molecule has 1 saturated carbocycles. The van der Waals surface area contributed by atoms with Crippen molar-refractivity contribution < 1.29 is 18.7 Å². The summed E-state index contributed by atoms with van der Waals surface area (Å²) < 4.78 is 18.3. The second-order valence-corrected chi connectivity index (χ2v) is 6.91. The quantitative estimate of drug-likeness (QED) is 0.718. The van der Waals surface area contributed by atoms with Crippen LogP contribution in [0.25, 0.3) is 11.3 Å². The highest BCUT2D eigenvalue weighted by atomic mass is 19.1. The minimum absolute atomic E-state index is 0.00918. The van der Waals surface area contributed by atoms with Crippen molar-refractivity contribution in [3.05, 3.63) is 54.0 Å². The van der Waals surface area contributed by atoms with Crippen LogP contribution >= 0.6 is 0 Å². The molecule has 1 aliphatic carbocycles. The van der Waals surface area contributed by atoms with Crippen LogP contribution in [0.5, 0.6) is 0 Å². The molecule has 1 fully saturated rings. The summed E-state index contributed by atoms with van der Waals surface area (Å²) in [7, 11) is 1.59. The van der Waals surface area contributed by atoms with Crippen LogP contribution in [-0.2, 0) is 9.53 Å². The van der Waals surface area contributed by atoms with E-state index < -0.39 is 0 Å². The predicted octanol–water partition coefficient (Wildman–Crippen LogP) is 2.55. The fourth-order valence-corrected chi connectivity index (χ4v) is 3.39. The van der Waals surface area contributed by atoms with Gasteiger partial charge in [-0.05, 0) is 43.5 Å². The van der Waals surface area contributed by atoms with Crippen molar-refractivity contribution in [2.75, 3.05) is 20.3 Å². The Morgan fingerprint density at radius 3 is 2.82 bits per heavy atom. The van der Waals surface area contributed by atoms with Crippen LogP contribution in [0, 0.1) is 11.7 Å². The number of benzene rings is 1. The fourth-order valence-electron chi connectivity index (χ4n) is 3.39. The molecule has 0 saturated heterocycles. The number of halogens is 1. The molecule has 0 spiro atoms. The van der Waals surface area contributed by atoms with E-state index in [-0.39, 0.29) is 29.6 Å². The number of amides is 2. The van der Waals surface area contributed by atoms with Crippen LogP contribution in [0.2, 0.25) is 0 Å². The number of pyridine rings is 1. The van der Waals surface area contributed by atoms with E-state index in [1.54, 1.807) is 31.4 Å². The van der Waals surface area contributed by atoms with Crippen molar-refractivity contribution in [3.63, 3.8) is 0 Å². The van der Waals surface area contributed by atoms with Crippen LogP contribution in [0.15, 0.2) is 42.6 Å². The molecular weight excluding hydrogens is 361 g/mol. The summed E-state index contributed by atoms with van der Waals surface area (Å²) in [4.78, 5) is 28.8. The van der Waals surface area contributed by atoms with Gasteiger partial charge in [-0.15, -0.1) is 0 Å². The molecule has 1 aromatic heterocycles. The molecule has 0 bridgehead atoms. The zero-order chi connectivity index (χ0) is 19.9. The predicted molar refractivity (Wildman–Crippen MR) is 103 cm³/mol. The minimum atomic E-state index is -0.330. The summed E-state index contributed by atoms with van der Waals surface area (Å²) in [6.45, 7) is 0.976. The second kappa shape index (κ2) is 9.41. The number of nitrogens with zero attached hydrogens (tertiary/aromatic N) is 1. The number of aromatic nitrogens is 1. The molecule has 3 rings (SSSR count). The van der Waals surface area contributed by atoms with Crippen LogP contribution in [0.1, 0.15) is 29.6 Å². The molecule has 28 heavy (non-hydrogen) atoms. The molecular formula is C21H24FN3O3. The van der Waals surface area contributed by atoms with Gasteiger partial charge in [-0.2, -0.15) is 0 Å². The molecule has 1 aliphatic rings. The maximum absolute atomic E-state index is 13.3. The zero-order valence-corrected chi connectivity index (χ0v) is 15.8. The van der Waals surface area contributed by atoms with Crippen LogP contribution in [-0.4, -0.2) is 43.1 Å². The molecule has 1 aromatic carbocycles. The van der Waals surface area contributed by atoms with Gasteiger partial charge < -0.3 is 15.4 Å². The van der Waals surface area contributed by atoms with Gasteiger partial charge in [-0.25, -0.2) is 4.39 Å². The summed E-state index contributed by atoms with van der Waals surface area (Å²) in [6.07, 6.45) is 3.63.